The Balaban J connectivity index is 2.11. The maximum atomic E-state index is 2.64. The molecule has 0 fully saturated rings. The van der Waals surface area contributed by atoms with E-state index in [2.05, 4.69) is 29.2 Å². The van der Waals surface area contributed by atoms with Gasteiger partial charge in [0.15, 0.2) is 0 Å². The molecule has 0 aromatic rings. The maximum Gasteiger partial charge on any atom is 0.0939 e. The summed E-state index contributed by atoms with van der Waals surface area (Å²) in [6.45, 7) is 0. The van der Waals surface area contributed by atoms with Gasteiger partial charge in [0.05, 0.1) is 8.31 Å². The first kappa shape index (κ1) is 6.49. The lowest BCUT2D eigenvalue weighted by molar-refractivity contribution is 1.03. The van der Waals surface area contributed by atoms with E-state index in [1.54, 1.807) is 6.04 Å². The first-order chi connectivity index (χ1) is 4.97. The third kappa shape index (κ3) is 1.13. The van der Waals surface area contributed by atoms with Gasteiger partial charge in [-0.15, -0.1) is 5.67 Å². The molecular weight excluding hydrogens is 152 g/mol. The summed E-state index contributed by atoms with van der Waals surface area (Å²) >= 11 is 0. The average Bonchev–Trinajstić information content (AvgIpc) is 2.59. The fraction of sp³-hybridized carbons (Fsp3) is 0.375. The first-order valence-corrected chi connectivity index (χ1v) is 8.93. The van der Waals surface area contributed by atoms with Crippen molar-refractivity contribution in [3.63, 3.8) is 0 Å². The highest BCUT2D eigenvalue weighted by molar-refractivity contribution is 7.28. The molecule has 0 unspecified atom stereocenters. The topological polar surface area (TPSA) is 0 Å². The molecule has 0 saturated heterocycles. The summed E-state index contributed by atoms with van der Waals surface area (Å²) < 4.78 is 0. The van der Waals surface area contributed by atoms with Gasteiger partial charge in [-0.1, -0.05) is 23.6 Å². The molecule has 2 aliphatic rings. The van der Waals surface area contributed by atoms with Crippen LogP contribution in [0.15, 0.2) is 23.6 Å². The molecule has 0 aromatic heterocycles. The van der Waals surface area contributed by atoms with Crippen LogP contribution in [0.4, 0.5) is 0 Å². The first-order valence-electron chi connectivity index (χ1n) is 4.01. The Bertz CT molecular complexity index is 201. The monoisotopic (exact) mass is 164 g/mol. The predicted molar refractivity (Wildman–Crippen MR) is 51.3 cm³/mol. The summed E-state index contributed by atoms with van der Waals surface area (Å²) in [7, 11) is -0.398. The van der Waals surface area contributed by atoms with Crippen LogP contribution in [0, 0.1) is 0 Å². The minimum Gasteiger partial charge on any atom is -0.106 e. The summed E-state index contributed by atoms with van der Waals surface area (Å²) in [5.74, 6) is 0. The standard InChI is InChI=1S/C8H12Si2/c1-2-6-9(5-1)10-7-3-4-8-10/h1-2,5-7,9H,3-4,8H2. The van der Waals surface area contributed by atoms with Crippen molar-refractivity contribution >= 4 is 21.9 Å². The normalized spacial score (nSPS) is 24.2. The van der Waals surface area contributed by atoms with E-state index in [9.17, 15) is 0 Å². The van der Waals surface area contributed by atoms with Crippen LogP contribution in [-0.4, -0.2) is 21.9 Å². The molecule has 52 valence electrons. The summed E-state index contributed by atoms with van der Waals surface area (Å²) in [4.78, 5) is 0. The van der Waals surface area contributed by atoms with Crippen LogP contribution >= 0.6 is 0 Å². The molecule has 2 heteroatoms. The number of allylic oxidation sites excluding steroid dienone is 2. The van der Waals surface area contributed by atoms with Crippen molar-refractivity contribution in [2.75, 3.05) is 0 Å². The highest BCUT2D eigenvalue weighted by Crippen LogP contribution is 2.10. The molecule has 10 heavy (non-hydrogen) atoms. The van der Waals surface area contributed by atoms with E-state index >= 15 is 0 Å². The molecule has 2 heterocycles. The third-order valence-corrected chi connectivity index (χ3v) is 11.4. The van der Waals surface area contributed by atoms with Gasteiger partial charge in [0.2, 0.25) is 0 Å². The second-order valence-corrected chi connectivity index (χ2v) is 11.1. The predicted octanol–water partition coefficient (Wildman–Crippen LogP) is 1.17. The Kier molecular flexibility index (Phi) is 1.82. The third-order valence-electron chi connectivity index (χ3n) is 2.25. The molecule has 0 aliphatic carbocycles. The van der Waals surface area contributed by atoms with Crippen LogP contribution in [0.25, 0.3) is 0 Å². The van der Waals surface area contributed by atoms with E-state index in [1.165, 1.54) is 12.8 Å². The van der Waals surface area contributed by atoms with E-state index in [-0.39, 0.29) is 7.93 Å². The van der Waals surface area contributed by atoms with Gasteiger partial charge in [0, 0.05) is 7.93 Å². The van der Waals surface area contributed by atoms with Gasteiger partial charge >= 0.3 is 0 Å². The van der Waals surface area contributed by atoms with Gasteiger partial charge in [0.25, 0.3) is 0 Å². The lowest BCUT2D eigenvalue weighted by Gasteiger charge is -2.00. The smallest absolute Gasteiger partial charge is 0.0939 e. The largest absolute Gasteiger partial charge is 0.106 e. The van der Waals surface area contributed by atoms with Crippen molar-refractivity contribution in [3.8, 4) is 0 Å². The number of hydrogen-bond donors (Lipinski definition) is 0. The molecule has 0 spiro atoms. The Hall–Kier alpha value is -0.216. The van der Waals surface area contributed by atoms with Crippen LogP contribution in [0.3, 0.4) is 0 Å². The minimum absolute atomic E-state index is 0.0504. The van der Waals surface area contributed by atoms with Crippen molar-refractivity contribution in [3.05, 3.63) is 23.6 Å². The van der Waals surface area contributed by atoms with Gasteiger partial charge in [-0.2, -0.15) is 0 Å². The van der Waals surface area contributed by atoms with Gasteiger partial charge in [0.1, 0.15) is 0 Å². The zero-order valence-corrected chi connectivity index (χ0v) is 8.24. The second-order valence-electron chi connectivity index (χ2n) is 2.97. The Labute approximate surface area is 64.9 Å². The molecule has 0 amide bonds. The van der Waals surface area contributed by atoms with E-state index in [0.717, 1.165) is 0 Å². The lowest BCUT2D eigenvalue weighted by atomic mass is 10.4. The maximum absolute atomic E-state index is 2.64. The SMILES string of the molecule is C1=C[SiH]([Si]2=CCCC2)C=C1. The van der Waals surface area contributed by atoms with E-state index in [4.69, 9.17) is 0 Å². The van der Waals surface area contributed by atoms with Crippen LogP contribution in [0.5, 0.6) is 0 Å². The zero-order valence-electron chi connectivity index (χ0n) is 6.09. The second kappa shape index (κ2) is 2.80. The van der Waals surface area contributed by atoms with Gasteiger partial charge in [-0.05, 0) is 18.9 Å². The molecule has 0 bridgehead atoms. The quantitative estimate of drug-likeness (QED) is 0.510. The highest BCUT2D eigenvalue weighted by atomic mass is 29.2. The van der Waals surface area contributed by atoms with E-state index < -0.39 is 8.31 Å². The fourth-order valence-electron chi connectivity index (χ4n) is 1.68. The van der Waals surface area contributed by atoms with Gasteiger partial charge < -0.3 is 0 Å². The van der Waals surface area contributed by atoms with Crippen LogP contribution < -0.4 is 0 Å². The number of hydrogen-bond acceptors (Lipinski definition) is 0. The fourth-order valence-corrected chi connectivity index (χ4v) is 10.1. The van der Waals surface area contributed by atoms with E-state index in [1.807, 2.05) is 0 Å². The Morgan fingerprint density at radius 1 is 1.20 bits per heavy atom. The Morgan fingerprint density at radius 2 is 2.00 bits per heavy atom. The molecule has 2 aliphatic heterocycles. The van der Waals surface area contributed by atoms with Crippen molar-refractivity contribution in [2.24, 2.45) is 0 Å². The van der Waals surface area contributed by atoms with E-state index in [0.29, 0.717) is 0 Å². The summed E-state index contributed by atoms with van der Waals surface area (Å²) in [5.41, 5.74) is 7.63. The van der Waals surface area contributed by atoms with Crippen LogP contribution in [-0.2, 0) is 0 Å². The highest BCUT2D eigenvalue weighted by Gasteiger charge is 2.15. The zero-order chi connectivity index (χ0) is 6.81. The van der Waals surface area contributed by atoms with Gasteiger partial charge in [-0.3, -0.25) is 0 Å². The molecule has 0 atom stereocenters. The molecule has 0 N–H and O–H groups in total. The Morgan fingerprint density at radius 3 is 2.60 bits per heavy atom. The minimum atomic E-state index is -0.448. The molecule has 0 aromatic carbocycles. The molecule has 0 radical (unpaired) electrons. The molecular formula is C8H12Si2. The van der Waals surface area contributed by atoms with Crippen molar-refractivity contribution in [1.29, 1.82) is 0 Å². The van der Waals surface area contributed by atoms with Crippen molar-refractivity contribution in [2.45, 2.75) is 18.9 Å². The van der Waals surface area contributed by atoms with Crippen LogP contribution in [0.1, 0.15) is 12.8 Å². The summed E-state index contributed by atoms with van der Waals surface area (Å²) in [6, 6.07) is 1.57. The van der Waals surface area contributed by atoms with Crippen molar-refractivity contribution in [1.82, 2.24) is 0 Å². The molecule has 0 saturated carbocycles. The number of rotatable bonds is 1. The van der Waals surface area contributed by atoms with Crippen LogP contribution in [0.2, 0.25) is 6.04 Å². The van der Waals surface area contributed by atoms with Crippen molar-refractivity contribution < 1.29 is 0 Å². The summed E-state index contributed by atoms with van der Waals surface area (Å²) in [5, 5.41) is 0. The van der Waals surface area contributed by atoms with Gasteiger partial charge in [-0.25, -0.2) is 0 Å². The summed E-state index contributed by atoms with van der Waals surface area (Å²) in [6.07, 6.45) is 7.40. The molecule has 0 nitrogen and oxygen atoms in total. The average molecular weight is 164 g/mol. The molecule has 2 rings (SSSR count). The lowest BCUT2D eigenvalue weighted by Crippen LogP contribution is -2.22.